The van der Waals surface area contributed by atoms with Gasteiger partial charge in [-0.1, -0.05) is 12.1 Å². The van der Waals surface area contributed by atoms with E-state index in [1.165, 1.54) is 32.0 Å². The van der Waals surface area contributed by atoms with Crippen LogP contribution in [0.15, 0.2) is 24.3 Å². The first kappa shape index (κ1) is 12.8. The molecule has 0 amide bonds. The van der Waals surface area contributed by atoms with Gasteiger partial charge < -0.3 is 9.84 Å². The molecular formula is C11H13F3O2. The molecule has 90 valence electrons. The van der Waals surface area contributed by atoms with Crippen LogP contribution >= 0.6 is 0 Å². The Morgan fingerprint density at radius 1 is 1.19 bits per heavy atom. The Labute approximate surface area is 91.7 Å². The number of hydrogen-bond donors (Lipinski definition) is 1. The molecule has 1 aromatic rings. The van der Waals surface area contributed by atoms with Crippen molar-refractivity contribution in [1.82, 2.24) is 0 Å². The Kier molecular flexibility index (Phi) is 3.48. The smallest absolute Gasteiger partial charge is 0.419 e. The molecule has 1 aromatic carbocycles. The summed E-state index contributed by atoms with van der Waals surface area (Å²) in [6, 6.07) is 4.92. The minimum absolute atomic E-state index is 0.194. The van der Waals surface area contributed by atoms with Crippen molar-refractivity contribution in [2.45, 2.75) is 25.6 Å². The van der Waals surface area contributed by atoms with E-state index in [1.54, 1.807) is 0 Å². The Bertz CT molecular complexity index is 353. The maximum absolute atomic E-state index is 12.5. The fourth-order valence-corrected chi connectivity index (χ4v) is 1.08. The summed E-state index contributed by atoms with van der Waals surface area (Å²) in [5.41, 5.74) is -2.00. The first-order valence-corrected chi connectivity index (χ1v) is 4.71. The highest BCUT2D eigenvalue weighted by molar-refractivity contribution is 5.35. The van der Waals surface area contributed by atoms with Gasteiger partial charge in [0, 0.05) is 0 Å². The van der Waals surface area contributed by atoms with E-state index in [-0.39, 0.29) is 12.4 Å². The van der Waals surface area contributed by atoms with Gasteiger partial charge in [0.2, 0.25) is 0 Å². The summed E-state index contributed by atoms with van der Waals surface area (Å²) in [7, 11) is 0. The largest absolute Gasteiger partial charge is 0.490 e. The van der Waals surface area contributed by atoms with Gasteiger partial charge in [-0.3, -0.25) is 0 Å². The van der Waals surface area contributed by atoms with E-state index in [1.807, 2.05) is 0 Å². The van der Waals surface area contributed by atoms with Crippen LogP contribution in [0.25, 0.3) is 0 Å². The highest BCUT2D eigenvalue weighted by Gasteiger charge is 2.34. The van der Waals surface area contributed by atoms with E-state index in [9.17, 15) is 18.3 Å². The van der Waals surface area contributed by atoms with Gasteiger partial charge in [-0.05, 0) is 26.0 Å². The van der Waals surface area contributed by atoms with Crippen molar-refractivity contribution in [2.24, 2.45) is 0 Å². The molecule has 0 fully saturated rings. The van der Waals surface area contributed by atoms with Crippen molar-refractivity contribution >= 4 is 0 Å². The van der Waals surface area contributed by atoms with Crippen LogP contribution in [-0.2, 0) is 6.18 Å². The minimum Gasteiger partial charge on any atom is -0.490 e. The van der Waals surface area contributed by atoms with Gasteiger partial charge in [0.05, 0.1) is 11.2 Å². The first-order chi connectivity index (χ1) is 7.20. The molecule has 0 saturated heterocycles. The number of rotatable bonds is 3. The molecule has 0 bridgehead atoms. The predicted molar refractivity (Wildman–Crippen MR) is 53.2 cm³/mol. The van der Waals surface area contributed by atoms with Crippen molar-refractivity contribution in [3.05, 3.63) is 29.8 Å². The molecule has 0 aliphatic heterocycles. The second kappa shape index (κ2) is 4.33. The second-order valence-electron chi connectivity index (χ2n) is 4.10. The Morgan fingerprint density at radius 2 is 1.75 bits per heavy atom. The van der Waals surface area contributed by atoms with Crippen molar-refractivity contribution < 1.29 is 23.0 Å². The maximum atomic E-state index is 12.5. The minimum atomic E-state index is -4.45. The van der Waals surface area contributed by atoms with Gasteiger partial charge in [-0.2, -0.15) is 13.2 Å². The summed E-state index contributed by atoms with van der Waals surface area (Å²) < 4.78 is 42.5. The summed E-state index contributed by atoms with van der Waals surface area (Å²) in [5.74, 6) is -0.267. The van der Waals surface area contributed by atoms with Crippen molar-refractivity contribution in [3.8, 4) is 5.75 Å². The molecule has 0 spiro atoms. The van der Waals surface area contributed by atoms with E-state index in [2.05, 4.69) is 0 Å². The molecule has 0 saturated carbocycles. The Hall–Kier alpha value is -1.23. The Morgan fingerprint density at radius 3 is 2.25 bits per heavy atom. The van der Waals surface area contributed by atoms with Gasteiger partial charge in [0.25, 0.3) is 0 Å². The lowest BCUT2D eigenvalue weighted by Crippen LogP contribution is -2.28. The monoisotopic (exact) mass is 234 g/mol. The van der Waals surface area contributed by atoms with Crippen LogP contribution < -0.4 is 4.74 Å². The SMILES string of the molecule is CC(C)(O)COc1ccccc1C(F)(F)F. The number of ether oxygens (including phenoxy) is 1. The summed E-state index contributed by atoms with van der Waals surface area (Å²) >= 11 is 0. The number of aliphatic hydroxyl groups is 1. The molecule has 1 rings (SSSR count). The molecule has 0 radical (unpaired) electrons. The number of para-hydroxylation sites is 1. The van der Waals surface area contributed by atoms with Crippen LogP contribution in [0, 0.1) is 0 Å². The van der Waals surface area contributed by atoms with Crippen LogP contribution in [0.1, 0.15) is 19.4 Å². The molecule has 2 nitrogen and oxygen atoms in total. The van der Waals surface area contributed by atoms with Crippen molar-refractivity contribution in [2.75, 3.05) is 6.61 Å². The zero-order chi connectivity index (χ0) is 12.4. The highest BCUT2D eigenvalue weighted by Crippen LogP contribution is 2.36. The highest BCUT2D eigenvalue weighted by atomic mass is 19.4. The van der Waals surface area contributed by atoms with Crippen LogP contribution in [0.2, 0.25) is 0 Å². The van der Waals surface area contributed by atoms with Crippen LogP contribution in [0.3, 0.4) is 0 Å². The van der Waals surface area contributed by atoms with E-state index in [0.717, 1.165) is 6.07 Å². The lowest BCUT2D eigenvalue weighted by Gasteiger charge is -2.20. The Balaban J connectivity index is 2.88. The number of hydrogen-bond acceptors (Lipinski definition) is 2. The molecule has 1 N–H and O–H groups in total. The van der Waals surface area contributed by atoms with Gasteiger partial charge in [-0.15, -0.1) is 0 Å². The van der Waals surface area contributed by atoms with E-state index in [4.69, 9.17) is 4.74 Å². The molecule has 0 aromatic heterocycles. The lowest BCUT2D eigenvalue weighted by atomic mass is 10.1. The molecule has 0 heterocycles. The number of halogens is 3. The summed E-state index contributed by atoms with van der Waals surface area (Å²) in [6.07, 6.45) is -4.45. The van der Waals surface area contributed by atoms with E-state index >= 15 is 0 Å². The van der Waals surface area contributed by atoms with Crippen LogP contribution in [0.4, 0.5) is 13.2 Å². The van der Waals surface area contributed by atoms with Gasteiger partial charge in [0.1, 0.15) is 12.4 Å². The van der Waals surface area contributed by atoms with Gasteiger partial charge in [-0.25, -0.2) is 0 Å². The van der Waals surface area contributed by atoms with E-state index < -0.39 is 17.3 Å². The standard InChI is InChI=1S/C11H13F3O2/c1-10(2,15)7-16-9-6-4-3-5-8(9)11(12,13)14/h3-6,15H,7H2,1-2H3. The average molecular weight is 234 g/mol. The van der Waals surface area contributed by atoms with Crippen molar-refractivity contribution in [3.63, 3.8) is 0 Å². The average Bonchev–Trinajstić information content (AvgIpc) is 2.12. The van der Waals surface area contributed by atoms with Crippen molar-refractivity contribution in [1.29, 1.82) is 0 Å². The number of benzene rings is 1. The molecule has 0 aliphatic carbocycles. The topological polar surface area (TPSA) is 29.5 Å². The third kappa shape index (κ3) is 3.73. The predicted octanol–water partition coefficient (Wildman–Crippen LogP) is 2.86. The molecule has 16 heavy (non-hydrogen) atoms. The third-order valence-corrected chi connectivity index (χ3v) is 1.77. The quantitative estimate of drug-likeness (QED) is 0.871. The zero-order valence-corrected chi connectivity index (χ0v) is 9.01. The maximum Gasteiger partial charge on any atom is 0.419 e. The molecule has 0 atom stereocenters. The second-order valence-corrected chi connectivity index (χ2v) is 4.10. The molecule has 0 aliphatic rings. The normalized spacial score (nSPS) is 12.6. The first-order valence-electron chi connectivity index (χ1n) is 4.71. The van der Waals surface area contributed by atoms with Gasteiger partial charge >= 0.3 is 6.18 Å². The molecule has 0 unspecified atom stereocenters. The summed E-state index contributed by atoms with van der Waals surface area (Å²) in [5, 5.41) is 9.37. The van der Waals surface area contributed by atoms with Crippen LogP contribution in [-0.4, -0.2) is 17.3 Å². The lowest BCUT2D eigenvalue weighted by molar-refractivity contribution is -0.139. The van der Waals surface area contributed by atoms with E-state index in [0.29, 0.717) is 0 Å². The number of alkyl halides is 3. The third-order valence-electron chi connectivity index (χ3n) is 1.77. The fraction of sp³-hybridized carbons (Fsp3) is 0.455. The fourth-order valence-electron chi connectivity index (χ4n) is 1.08. The van der Waals surface area contributed by atoms with Gasteiger partial charge in [0.15, 0.2) is 0 Å². The van der Waals surface area contributed by atoms with Crippen LogP contribution in [0.5, 0.6) is 5.75 Å². The summed E-state index contributed by atoms with van der Waals surface area (Å²) in [4.78, 5) is 0. The zero-order valence-electron chi connectivity index (χ0n) is 9.01. The molecule has 5 heteroatoms. The molecular weight excluding hydrogens is 221 g/mol. The summed E-state index contributed by atoms with van der Waals surface area (Å²) in [6.45, 7) is 2.73.